The second kappa shape index (κ2) is 5.40. The lowest BCUT2D eigenvalue weighted by molar-refractivity contribution is -0.143. The van der Waals surface area contributed by atoms with Gasteiger partial charge in [0.2, 0.25) is 0 Å². The average Bonchev–Trinajstić information content (AvgIpc) is 2.26. The van der Waals surface area contributed by atoms with E-state index in [0.29, 0.717) is 18.7 Å². The van der Waals surface area contributed by atoms with E-state index >= 15 is 0 Å². The predicted molar refractivity (Wildman–Crippen MR) is 58.8 cm³/mol. The Bertz CT molecular complexity index is 403. The number of alkyl halides is 6. The third-order valence-corrected chi connectivity index (χ3v) is 2.55. The highest BCUT2D eigenvalue weighted by Crippen LogP contribution is 2.38. The van der Waals surface area contributed by atoms with Crippen molar-refractivity contribution in [2.24, 2.45) is 0 Å². The molecule has 0 aliphatic carbocycles. The molecule has 0 aromatic heterocycles. The minimum atomic E-state index is -4.82. The van der Waals surface area contributed by atoms with Crippen molar-refractivity contribution >= 4 is 0 Å². The molecule has 0 radical (unpaired) electrons. The molecule has 0 saturated heterocycles. The minimum Gasteiger partial charge on any atom is -0.656 e. The molecule has 0 heterocycles. The van der Waals surface area contributed by atoms with Gasteiger partial charge in [-0.25, -0.2) is 0 Å². The van der Waals surface area contributed by atoms with Crippen molar-refractivity contribution < 1.29 is 26.3 Å². The number of halogens is 6. The highest BCUT2D eigenvalue weighted by Gasteiger charge is 2.36. The Morgan fingerprint density at radius 2 is 1.37 bits per heavy atom. The van der Waals surface area contributed by atoms with Crippen LogP contribution in [0.15, 0.2) is 18.2 Å². The summed E-state index contributed by atoms with van der Waals surface area (Å²) in [6.45, 7) is 3.44. The molecule has 0 aliphatic rings. The molecule has 19 heavy (non-hydrogen) atoms. The van der Waals surface area contributed by atoms with Crippen LogP contribution >= 0.6 is 0 Å². The Morgan fingerprint density at radius 3 is 1.68 bits per heavy atom. The second-order valence-electron chi connectivity index (χ2n) is 4.01. The fourth-order valence-electron chi connectivity index (χ4n) is 1.60. The van der Waals surface area contributed by atoms with Crippen molar-refractivity contribution in [1.29, 1.82) is 0 Å². The zero-order chi connectivity index (χ0) is 14.8. The van der Waals surface area contributed by atoms with Gasteiger partial charge >= 0.3 is 12.4 Å². The highest BCUT2D eigenvalue weighted by atomic mass is 19.4. The maximum Gasteiger partial charge on any atom is 0.416 e. The first kappa shape index (κ1) is 15.8. The number of rotatable bonds is 3. The quantitative estimate of drug-likeness (QED) is 0.679. The molecule has 0 fully saturated rings. The largest absolute Gasteiger partial charge is 0.656 e. The summed E-state index contributed by atoms with van der Waals surface area (Å²) in [6, 6.07) is 0.814. The van der Waals surface area contributed by atoms with Gasteiger partial charge in [-0.2, -0.15) is 32.9 Å². The van der Waals surface area contributed by atoms with E-state index in [0.717, 1.165) is 0 Å². The Kier molecular flexibility index (Phi) is 4.50. The maximum absolute atomic E-state index is 12.6. The van der Waals surface area contributed by atoms with E-state index in [-0.39, 0.29) is 11.6 Å². The standard InChI is InChI=1S/C12H12F6N/c1-3-19-7(2)8-4-9(11(13,14)15)6-10(5-8)12(16,17)18/h4-7H,3H2,1-2H3/q-1/t7-/m1/s1. The lowest BCUT2D eigenvalue weighted by Crippen LogP contribution is -2.12. The molecule has 0 saturated carbocycles. The van der Waals surface area contributed by atoms with Gasteiger partial charge in [-0.15, -0.1) is 6.04 Å². The Hall–Kier alpha value is -1.24. The van der Waals surface area contributed by atoms with Crippen LogP contribution in [0.3, 0.4) is 0 Å². The average molecular weight is 284 g/mol. The summed E-state index contributed by atoms with van der Waals surface area (Å²) in [5.41, 5.74) is -2.71. The summed E-state index contributed by atoms with van der Waals surface area (Å²) in [4.78, 5) is 0. The molecule has 108 valence electrons. The van der Waals surface area contributed by atoms with E-state index in [4.69, 9.17) is 0 Å². The van der Waals surface area contributed by atoms with E-state index < -0.39 is 29.5 Å². The molecule has 0 bridgehead atoms. The monoisotopic (exact) mass is 284 g/mol. The van der Waals surface area contributed by atoms with Gasteiger partial charge in [0.1, 0.15) is 0 Å². The predicted octanol–water partition coefficient (Wildman–Crippen LogP) is 5.18. The van der Waals surface area contributed by atoms with Crippen LogP contribution < -0.4 is 0 Å². The van der Waals surface area contributed by atoms with E-state index in [1.165, 1.54) is 6.92 Å². The third kappa shape index (κ3) is 4.12. The topological polar surface area (TPSA) is 14.1 Å². The molecule has 0 aliphatic heterocycles. The first-order valence-corrected chi connectivity index (χ1v) is 5.51. The van der Waals surface area contributed by atoms with Gasteiger partial charge in [0.05, 0.1) is 11.1 Å². The molecule has 0 N–H and O–H groups in total. The van der Waals surface area contributed by atoms with Gasteiger partial charge < -0.3 is 5.32 Å². The van der Waals surface area contributed by atoms with E-state index in [9.17, 15) is 26.3 Å². The van der Waals surface area contributed by atoms with Crippen LogP contribution in [0.4, 0.5) is 26.3 Å². The van der Waals surface area contributed by atoms with Crippen LogP contribution in [-0.2, 0) is 12.4 Å². The summed E-state index contributed by atoms with van der Waals surface area (Å²) in [5.74, 6) is 0. The summed E-state index contributed by atoms with van der Waals surface area (Å²) >= 11 is 0. The van der Waals surface area contributed by atoms with Crippen LogP contribution in [0, 0.1) is 0 Å². The van der Waals surface area contributed by atoms with Crippen molar-refractivity contribution in [2.75, 3.05) is 6.54 Å². The fraction of sp³-hybridized carbons (Fsp3) is 0.500. The summed E-state index contributed by atoms with van der Waals surface area (Å²) in [7, 11) is 0. The van der Waals surface area contributed by atoms with Crippen molar-refractivity contribution in [1.82, 2.24) is 0 Å². The lowest BCUT2D eigenvalue weighted by atomic mass is 10.0. The number of nitrogens with zero attached hydrogens (tertiary/aromatic N) is 1. The lowest BCUT2D eigenvalue weighted by Gasteiger charge is -2.28. The number of hydrogen-bond acceptors (Lipinski definition) is 0. The van der Waals surface area contributed by atoms with Gasteiger partial charge in [-0.3, -0.25) is 0 Å². The molecule has 1 aromatic rings. The molecule has 1 rings (SSSR count). The second-order valence-corrected chi connectivity index (χ2v) is 4.01. The molecule has 7 heteroatoms. The zero-order valence-corrected chi connectivity index (χ0v) is 10.2. The van der Waals surface area contributed by atoms with Crippen LogP contribution in [0.5, 0.6) is 0 Å². The molecule has 0 spiro atoms. The Balaban J connectivity index is 3.33. The van der Waals surface area contributed by atoms with E-state index in [2.05, 4.69) is 5.32 Å². The van der Waals surface area contributed by atoms with E-state index in [1.54, 1.807) is 6.92 Å². The van der Waals surface area contributed by atoms with Gasteiger partial charge in [0.25, 0.3) is 0 Å². The Labute approximate surface area is 106 Å². The van der Waals surface area contributed by atoms with Crippen LogP contribution in [0.2, 0.25) is 0 Å². The molecule has 0 amide bonds. The summed E-state index contributed by atoms with van der Waals surface area (Å²) < 4.78 is 75.5. The summed E-state index contributed by atoms with van der Waals surface area (Å²) in [6.07, 6.45) is -9.64. The van der Waals surface area contributed by atoms with Crippen molar-refractivity contribution in [3.05, 3.63) is 40.2 Å². The SMILES string of the molecule is CC[N-][C@H](C)c1cc(C(F)(F)F)cc(C(F)(F)F)c1. The van der Waals surface area contributed by atoms with Crippen LogP contribution in [0.1, 0.15) is 36.6 Å². The first-order chi connectivity index (χ1) is 8.55. The first-order valence-electron chi connectivity index (χ1n) is 5.51. The van der Waals surface area contributed by atoms with Crippen LogP contribution in [-0.4, -0.2) is 6.54 Å². The third-order valence-electron chi connectivity index (χ3n) is 2.55. The fourth-order valence-corrected chi connectivity index (χ4v) is 1.60. The highest BCUT2D eigenvalue weighted by molar-refractivity contribution is 5.36. The molecule has 1 aromatic carbocycles. The minimum absolute atomic E-state index is 0.0935. The smallest absolute Gasteiger partial charge is 0.416 e. The Morgan fingerprint density at radius 1 is 0.947 bits per heavy atom. The van der Waals surface area contributed by atoms with Gasteiger partial charge in [0.15, 0.2) is 0 Å². The van der Waals surface area contributed by atoms with Gasteiger partial charge in [-0.05, 0) is 18.2 Å². The maximum atomic E-state index is 12.6. The number of benzene rings is 1. The number of hydrogen-bond donors (Lipinski definition) is 0. The van der Waals surface area contributed by atoms with Crippen LogP contribution in [0.25, 0.3) is 5.32 Å². The normalized spacial score (nSPS) is 14.5. The van der Waals surface area contributed by atoms with Crippen molar-refractivity contribution in [3.8, 4) is 0 Å². The zero-order valence-electron chi connectivity index (χ0n) is 10.2. The molecule has 1 atom stereocenters. The van der Waals surface area contributed by atoms with Crippen molar-refractivity contribution in [3.63, 3.8) is 0 Å². The van der Waals surface area contributed by atoms with Gasteiger partial charge in [0, 0.05) is 0 Å². The van der Waals surface area contributed by atoms with Gasteiger partial charge in [-0.1, -0.05) is 19.4 Å². The molecular weight excluding hydrogens is 272 g/mol. The van der Waals surface area contributed by atoms with Crippen molar-refractivity contribution in [2.45, 2.75) is 32.2 Å². The van der Waals surface area contributed by atoms with E-state index in [1.807, 2.05) is 0 Å². The molecular formula is C12H12F6N-. The summed E-state index contributed by atoms with van der Waals surface area (Å²) in [5, 5.41) is 3.91. The molecule has 1 nitrogen and oxygen atoms in total. The molecule has 0 unspecified atom stereocenters.